The summed E-state index contributed by atoms with van der Waals surface area (Å²) in [4.78, 5) is 5.20. The molecule has 0 amide bonds. The number of benzene rings is 1. The molecule has 2 N–H and O–H groups in total. The normalized spacial score (nSPS) is 10.5. The van der Waals surface area contributed by atoms with Crippen molar-refractivity contribution in [1.82, 2.24) is 10.1 Å². The van der Waals surface area contributed by atoms with Gasteiger partial charge in [-0.2, -0.15) is 4.98 Å². The third-order valence-corrected chi connectivity index (χ3v) is 3.37. The molecule has 2 rings (SSSR count). The molecule has 19 heavy (non-hydrogen) atoms. The van der Waals surface area contributed by atoms with E-state index in [0.717, 1.165) is 10.5 Å². The van der Waals surface area contributed by atoms with Crippen LogP contribution in [0.25, 0.3) is 11.4 Å². The van der Waals surface area contributed by atoms with E-state index in [-0.39, 0.29) is 6.54 Å². The molecule has 0 saturated carbocycles. The van der Waals surface area contributed by atoms with Crippen molar-refractivity contribution in [3.63, 3.8) is 0 Å². The Morgan fingerprint density at radius 1 is 1.26 bits per heavy atom. The maximum Gasteiger partial charge on any atom is 0.240 e. The van der Waals surface area contributed by atoms with Crippen molar-refractivity contribution in [2.24, 2.45) is 5.73 Å². The number of nitrogens with zero attached hydrogens (tertiary/aromatic N) is 2. The third-order valence-electron chi connectivity index (χ3n) is 2.59. The van der Waals surface area contributed by atoms with Gasteiger partial charge in [-0.15, -0.1) is 11.8 Å². The van der Waals surface area contributed by atoms with Gasteiger partial charge < -0.3 is 19.7 Å². The summed E-state index contributed by atoms with van der Waals surface area (Å²) in [7, 11) is 3.18. The predicted molar refractivity (Wildman–Crippen MR) is 72.5 cm³/mol. The standard InChI is InChI=1S/C12H15N3O3S/c1-16-8-4-7(10(19-3)5-9(8)17-2)12-14-11(6-13)18-15-12/h4-5H,6,13H2,1-3H3. The van der Waals surface area contributed by atoms with E-state index in [1.54, 1.807) is 26.0 Å². The van der Waals surface area contributed by atoms with E-state index in [4.69, 9.17) is 19.7 Å². The Labute approximate surface area is 115 Å². The van der Waals surface area contributed by atoms with Crippen LogP contribution in [-0.2, 0) is 6.54 Å². The summed E-state index contributed by atoms with van der Waals surface area (Å²) in [5.41, 5.74) is 6.29. The first kappa shape index (κ1) is 13.7. The monoisotopic (exact) mass is 281 g/mol. The Bertz CT molecular complexity index is 571. The van der Waals surface area contributed by atoms with Crippen molar-refractivity contribution in [3.05, 3.63) is 18.0 Å². The first-order valence-electron chi connectivity index (χ1n) is 5.56. The van der Waals surface area contributed by atoms with Crippen LogP contribution in [0.3, 0.4) is 0 Å². The third kappa shape index (κ3) is 2.66. The Hall–Kier alpha value is -1.73. The number of rotatable bonds is 5. The predicted octanol–water partition coefficient (Wildman–Crippen LogP) is 1.93. The van der Waals surface area contributed by atoms with Crippen molar-refractivity contribution in [2.45, 2.75) is 11.4 Å². The molecule has 0 saturated heterocycles. The van der Waals surface area contributed by atoms with Crippen LogP contribution in [0.1, 0.15) is 5.89 Å². The Kier molecular flexibility index (Phi) is 4.28. The van der Waals surface area contributed by atoms with E-state index in [9.17, 15) is 0 Å². The van der Waals surface area contributed by atoms with Gasteiger partial charge in [0, 0.05) is 10.5 Å². The van der Waals surface area contributed by atoms with Crippen molar-refractivity contribution in [1.29, 1.82) is 0 Å². The molecular weight excluding hydrogens is 266 g/mol. The van der Waals surface area contributed by atoms with Gasteiger partial charge in [0.25, 0.3) is 0 Å². The topological polar surface area (TPSA) is 83.4 Å². The van der Waals surface area contributed by atoms with Gasteiger partial charge in [0.05, 0.1) is 20.8 Å². The van der Waals surface area contributed by atoms with E-state index in [1.165, 1.54) is 0 Å². The molecule has 0 bridgehead atoms. The maximum atomic E-state index is 5.47. The zero-order valence-corrected chi connectivity index (χ0v) is 11.8. The van der Waals surface area contributed by atoms with Crippen molar-refractivity contribution >= 4 is 11.8 Å². The molecule has 1 aromatic heterocycles. The lowest BCUT2D eigenvalue weighted by atomic mass is 10.2. The summed E-state index contributed by atoms with van der Waals surface area (Å²) in [6.07, 6.45) is 1.97. The van der Waals surface area contributed by atoms with E-state index in [1.807, 2.05) is 18.4 Å². The molecule has 0 unspecified atom stereocenters. The molecule has 0 radical (unpaired) electrons. The number of thioether (sulfide) groups is 1. The first-order chi connectivity index (χ1) is 9.23. The van der Waals surface area contributed by atoms with Crippen LogP contribution in [0.5, 0.6) is 11.5 Å². The van der Waals surface area contributed by atoms with Crippen molar-refractivity contribution in [2.75, 3.05) is 20.5 Å². The summed E-state index contributed by atoms with van der Waals surface area (Å²) >= 11 is 1.57. The number of hydrogen-bond acceptors (Lipinski definition) is 7. The van der Waals surface area contributed by atoms with Crippen LogP contribution in [0, 0.1) is 0 Å². The number of ether oxygens (including phenoxy) is 2. The fourth-order valence-corrected chi connectivity index (χ4v) is 2.25. The molecule has 0 fully saturated rings. The molecular formula is C12H15N3O3S. The van der Waals surface area contributed by atoms with E-state index < -0.39 is 0 Å². The minimum Gasteiger partial charge on any atom is -0.493 e. The van der Waals surface area contributed by atoms with Gasteiger partial charge in [0.2, 0.25) is 11.7 Å². The van der Waals surface area contributed by atoms with E-state index >= 15 is 0 Å². The fourth-order valence-electron chi connectivity index (χ4n) is 1.65. The van der Waals surface area contributed by atoms with Gasteiger partial charge in [-0.1, -0.05) is 5.16 Å². The second-order valence-electron chi connectivity index (χ2n) is 3.62. The average molecular weight is 281 g/mol. The highest BCUT2D eigenvalue weighted by molar-refractivity contribution is 7.98. The SMILES string of the molecule is COc1cc(SC)c(-c2noc(CN)n2)cc1OC. The summed E-state index contributed by atoms with van der Waals surface area (Å²) in [6.45, 7) is 0.217. The average Bonchev–Trinajstić information content (AvgIpc) is 2.94. The molecule has 0 aliphatic heterocycles. The summed E-state index contributed by atoms with van der Waals surface area (Å²) in [5.74, 6) is 2.18. The largest absolute Gasteiger partial charge is 0.493 e. The Morgan fingerprint density at radius 3 is 2.47 bits per heavy atom. The van der Waals surface area contributed by atoms with Crippen LogP contribution in [0.2, 0.25) is 0 Å². The minimum absolute atomic E-state index is 0.217. The first-order valence-corrected chi connectivity index (χ1v) is 6.79. The number of nitrogens with two attached hydrogens (primary N) is 1. The van der Waals surface area contributed by atoms with Crippen molar-refractivity contribution < 1.29 is 14.0 Å². The lowest BCUT2D eigenvalue weighted by Crippen LogP contribution is -1.96. The minimum atomic E-state index is 0.217. The maximum absolute atomic E-state index is 5.47. The summed E-state index contributed by atoms with van der Waals surface area (Å²) in [5, 5.41) is 3.92. The number of hydrogen-bond donors (Lipinski definition) is 1. The molecule has 102 valence electrons. The Morgan fingerprint density at radius 2 is 1.95 bits per heavy atom. The van der Waals surface area contributed by atoms with Gasteiger partial charge in [-0.3, -0.25) is 0 Å². The van der Waals surface area contributed by atoms with Gasteiger partial charge in [-0.25, -0.2) is 0 Å². The lowest BCUT2D eigenvalue weighted by molar-refractivity contribution is 0.354. The lowest BCUT2D eigenvalue weighted by Gasteiger charge is -2.11. The van der Waals surface area contributed by atoms with Crippen LogP contribution < -0.4 is 15.2 Å². The van der Waals surface area contributed by atoms with Gasteiger partial charge in [0.1, 0.15) is 0 Å². The molecule has 1 heterocycles. The summed E-state index contributed by atoms with van der Waals surface area (Å²) < 4.78 is 15.6. The molecule has 6 nitrogen and oxygen atoms in total. The number of aromatic nitrogens is 2. The van der Waals surface area contributed by atoms with E-state index in [0.29, 0.717) is 23.2 Å². The fraction of sp³-hybridized carbons (Fsp3) is 0.333. The van der Waals surface area contributed by atoms with Crippen LogP contribution in [-0.4, -0.2) is 30.6 Å². The highest BCUT2D eigenvalue weighted by Crippen LogP contribution is 2.38. The van der Waals surface area contributed by atoms with Crippen LogP contribution >= 0.6 is 11.8 Å². The highest BCUT2D eigenvalue weighted by atomic mass is 32.2. The summed E-state index contributed by atoms with van der Waals surface area (Å²) in [6, 6.07) is 3.72. The van der Waals surface area contributed by atoms with Gasteiger partial charge >= 0.3 is 0 Å². The smallest absolute Gasteiger partial charge is 0.240 e. The molecule has 7 heteroatoms. The van der Waals surface area contributed by atoms with Gasteiger partial charge in [0.15, 0.2) is 11.5 Å². The molecule has 0 aliphatic rings. The molecule has 2 aromatic rings. The zero-order valence-electron chi connectivity index (χ0n) is 11.0. The van der Waals surface area contributed by atoms with Gasteiger partial charge in [-0.05, 0) is 18.4 Å². The molecule has 1 aromatic carbocycles. The zero-order chi connectivity index (χ0) is 13.8. The molecule has 0 aliphatic carbocycles. The van der Waals surface area contributed by atoms with Crippen LogP contribution in [0.4, 0.5) is 0 Å². The van der Waals surface area contributed by atoms with Crippen LogP contribution in [0.15, 0.2) is 21.6 Å². The second kappa shape index (κ2) is 5.94. The molecule has 0 atom stereocenters. The second-order valence-corrected chi connectivity index (χ2v) is 4.47. The molecule has 0 spiro atoms. The highest BCUT2D eigenvalue weighted by Gasteiger charge is 2.16. The van der Waals surface area contributed by atoms with E-state index in [2.05, 4.69) is 10.1 Å². The Balaban J connectivity index is 2.54. The van der Waals surface area contributed by atoms with Crippen molar-refractivity contribution in [3.8, 4) is 22.9 Å². The number of methoxy groups -OCH3 is 2. The quantitative estimate of drug-likeness (QED) is 0.838.